The third-order valence-electron chi connectivity index (χ3n) is 3.46. The highest BCUT2D eigenvalue weighted by atomic mass is 16.5. The molecule has 1 fully saturated rings. The molecule has 1 aromatic rings. The quantitative estimate of drug-likeness (QED) is 0.813. The van der Waals surface area contributed by atoms with E-state index in [0.29, 0.717) is 18.4 Å². The van der Waals surface area contributed by atoms with Crippen molar-refractivity contribution in [2.75, 3.05) is 13.6 Å². The Morgan fingerprint density at radius 1 is 1.53 bits per heavy atom. The summed E-state index contributed by atoms with van der Waals surface area (Å²) in [4.78, 5) is 6.38. The van der Waals surface area contributed by atoms with Crippen molar-refractivity contribution in [1.29, 1.82) is 0 Å². The van der Waals surface area contributed by atoms with E-state index in [1.165, 1.54) is 0 Å². The number of aryl methyl sites for hydroxylation is 1. The number of likely N-dealkylation sites (N-methyl/N-ethyl adjacent to an activating group) is 1. The minimum Gasteiger partial charge on any atom is -0.392 e. The van der Waals surface area contributed by atoms with Gasteiger partial charge in [-0.3, -0.25) is 4.90 Å². The number of aromatic nitrogens is 2. The lowest BCUT2D eigenvalue weighted by Crippen LogP contribution is -2.32. The molecule has 1 aliphatic rings. The molecule has 0 aliphatic heterocycles. The zero-order chi connectivity index (χ0) is 12.4. The van der Waals surface area contributed by atoms with E-state index in [9.17, 15) is 5.11 Å². The molecule has 1 aliphatic carbocycles. The summed E-state index contributed by atoms with van der Waals surface area (Å²) >= 11 is 0. The van der Waals surface area contributed by atoms with Gasteiger partial charge in [-0.05, 0) is 32.7 Å². The Hall–Kier alpha value is -0.940. The topological polar surface area (TPSA) is 62.4 Å². The molecule has 0 saturated heterocycles. The van der Waals surface area contributed by atoms with Gasteiger partial charge in [-0.15, -0.1) is 0 Å². The summed E-state index contributed by atoms with van der Waals surface area (Å²) in [5.41, 5.74) is 0. The molecular formula is C12H21N3O2. The Morgan fingerprint density at radius 2 is 2.24 bits per heavy atom. The van der Waals surface area contributed by atoms with Crippen molar-refractivity contribution in [3.05, 3.63) is 11.7 Å². The van der Waals surface area contributed by atoms with Gasteiger partial charge in [0.15, 0.2) is 5.82 Å². The molecule has 0 spiro atoms. The van der Waals surface area contributed by atoms with E-state index in [0.717, 1.165) is 25.1 Å². The van der Waals surface area contributed by atoms with Gasteiger partial charge in [-0.1, -0.05) is 12.1 Å². The monoisotopic (exact) mass is 239 g/mol. The first-order valence-electron chi connectivity index (χ1n) is 6.32. The molecule has 2 atom stereocenters. The van der Waals surface area contributed by atoms with Gasteiger partial charge >= 0.3 is 0 Å². The standard InChI is InChI=1S/C12H21N3O2/c1-4-11-13-12(17-14-11)8(2)15(3)7-10(16)9-5-6-9/h8-10,16H,4-7H2,1-3H3. The molecule has 2 unspecified atom stereocenters. The van der Waals surface area contributed by atoms with Crippen LogP contribution in [0.1, 0.15) is 44.4 Å². The number of aliphatic hydroxyl groups excluding tert-OH is 1. The van der Waals surface area contributed by atoms with E-state index in [4.69, 9.17) is 4.52 Å². The summed E-state index contributed by atoms with van der Waals surface area (Å²) in [5, 5.41) is 13.8. The molecule has 0 bridgehead atoms. The van der Waals surface area contributed by atoms with E-state index in [2.05, 4.69) is 15.0 Å². The van der Waals surface area contributed by atoms with Gasteiger partial charge < -0.3 is 9.63 Å². The first kappa shape index (κ1) is 12.5. The Balaban J connectivity index is 1.90. The fraction of sp³-hybridized carbons (Fsp3) is 0.833. The number of hydrogen-bond donors (Lipinski definition) is 1. The maximum absolute atomic E-state index is 9.90. The van der Waals surface area contributed by atoms with Crippen molar-refractivity contribution < 1.29 is 9.63 Å². The second-order valence-electron chi connectivity index (χ2n) is 4.92. The first-order valence-corrected chi connectivity index (χ1v) is 6.32. The van der Waals surface area contributed by atoms with Crippen molar-refractivity contribution in [2.24, 2.45) is 5.92 Å². The zero-order valence-electron chi connectivity index (χ0n) is 10.8. The molecule has 5 heteroatoms. The van der Waals surface area contributed by atoms with Crippen LogP contribution in [0.15, 0.2) is 4.52 Å². The van der Waals surface area contributed by atoms with Gasteiger partial charge in [0.1, 0.15) is 0 Å². The van der Waals surface area contributed by atoms with Crippen molar-refractivity contribution in [3.63, 3.8) is 0 Å². The van der Waals surface area contributed by atoms with Crippen molar-refractivity contribution in [3.8, 4) is 0 Å². The highest BCUT2D eigenvalue weighted by Crippen LogP contribution is 2.33. The van der Waals surface area contributed by atoms with E-state index in [1.807, 2.05) is 20.9 Å². The number of aliphatic hydroxyl groups is 1. The molecule has 1 heterocycles. The Morgan fingerprint density at radius 3 is 2.76 bits per heavy atom. The lowest BCUT2D eigenvalue weighted by molar-refractivity contribution is 0.0833. The van der Waals surface area contributed by atoms with Crippen LogP contribution < -0.4 is 0 Å². The molecule has 0 aromatic carbocycles. The summed E-state index contributed by atoms with van der Waals surface area (Å²) in [6.45, 7) is 4.68. The average Bonchev–Trinajstić information content (AvgIpc) is 3.06. The van der Waals surface area contributed by atoms with Gasteiger partial charge in [0.25, 0.3) is 0 Å². The summed E-state index contributed by atoms with van der Waals surface area (Å²) in [6, 6.07) is 0.0520. The molecule has 1 saturated carbocycles. The van der Waals surface area contributed by atoms with Crippen LogP contribution in [0.3, 0.4) is 0 Å². The highest BCUT2D eigenvalue weighted by Gasteiger charge is 2.31. The molecule has 1 N–H and O–H groups in total. The van der Waals surface area contributed by atoms with E-state index >= 15 is 0 Å². The van der Waals surface area contributed by atoms with Crippen LogP contribution in [0.2, 0.25) is 0 Å². The number of nitrogens with zero attached hydrogens (tertiary/aromatic N) is 3. The number of rotatable bonds is 6. The normalized spacial score (nSPS) is 19.6. The predicted octanol–water partition coefficient (Wildman–Crippen LogP) is 1.40. The van der Waals surface area contributed by atoms with Crippen LogP contribution in [0, 0.1) is 5.92 Å². The molecule has 17 heavy (non-hydrogen) atoms. The molecule has 96 valence electrons. The third kappa shape index (κ3) is 3.04. The fourth-order valence-electron chi connectivity index (χ4n) is 1.85. The van der Waals surface area contributed by atoms with Crippen LogP contribution in [-0.2, 0) is 6.42 Å². The van der Waals surface area contributed by atoms with E-state index < -0.39 is 0 Å². The lowest BCUT2D eigenvalue weighted by atomic mass is 10.2. The average molecular weight is 239 g/mol. The third-order valence-corrected chi connectivity index (χ3v) is 3.46. The Labute approximate surface area is 102 Å². The second kappa shape index (κ2) is 5.14. The molecule has 0 radical (unpaired) electrons. The summed E-state index contributed by atoms with van der Waals surface area (Å²) in [6.07, 6.45) is 2.87. The van der Waals surface area contributed by atoms with Crippen LogP contribution in [-0.4, -0.2) is 39.8 Å². The summed E-state index contributed by atoms with van der Waals surface area (Å²) in [7, 11) is 1.98. The number of hydrogen-bond acceptors (Lipinski definition) is 5. The minimum absolute atomic E-state index is 0.0520. The van der Waals surface area contributed by atoms with Gasteiger partial charge in [-0.2, -0.15) is 4.98 Å². The van der Waals surface area contributed by atoms with E-state index in [1.54, 1.807) is 0 Å². The van der Waals surface area contributed by atoms with Crippen LogP contribution in [0.25, 0.3) is 0 Å². The van der Waals surface area contributed by atoms with Crippen molar-refractivity contribution in [2.45, 2.75) is 45.3 Å². The maximum atomic E-state index is 9.90. The predicted molar refractivity (Wildman–Crippen MR) is 63.5 cm³/mol. The van der Waals surface area contributed by atoms with Gasteiger partial charge in [-0.25, -0.2) is 0 Å². The SMILES string of the molecule is CCc1noc(C(C)N(C)CC(O)C2CC2)n1. The van der Waals surface area contributed by atoms with Crippen LogP contribution in [0.5, 0.6) is 0 Å². The van der Waals surface area contributed by atoms with Crippen LogP contribution in [0.4, 0.5) is 0 Å². The second-order valence-corrected chi connectivity index (χ2v) is 4.92. The fourth-order valence-corrected chi connectivity index (χ4v) is 1.85. The molecule has 2 rings (SSSR count). The Bertz CT molecular complexity index is 362. The van der Waals surface area contributed by atoms with Gasteiger partial charge in [0.05, 0.1) is 12.1 Å². The molecular weight excluding hydrogens is 218 g/mol. The minimum atomic E-state index is -0.226. The zero-order valence-corrected chi connectivity index (χ0v) is 10.8. The van der Waals surface area contributed by atoms with Gasteiger partial charge in [0, 0.05) is 13.0 Å². The largest absolute Gasteiger partial charge is 0.392 e. The lowest BCUT2D eigenvalue weighted by Gasteiger charge is -2.24. The van der Waals surface area contributed by atoms with Gasteiger partial charge in [0.2, 0.25) is 5.89 Å². The molecule has 1 aromatic heterocycles. The summed E-state index contributed by atoms with van der Waals surface area (Å²) in [5.74, 6) is 1.87. The maximum Gasteiger partial charge on any atom is 0.243 e. The highest BCUT2D eigenvalue weighted by molar-refractivity contribution is 4.92. The van der Waals surface area contributed by atoms with Crippen LogP contribution >= 0.6 is 0 Å². The first-order chi connectivity index (χ1) is 8.11. The smallest absolute Gasteiger partial charge is 0.243 e. The van der Waals surface area contributed by atoms with Crippen molar-refractivity contribution in [1.82, 2.24) is 15.0 Å². The Kier molecular flexibility index (Phi) is 3.79. The van der Waals surface area contributed by atoms with E-state index in [-0.39, 0.29) is 12.1 Å². The van der Waals surface area contributed by atoms with Crippen molar-refractivity contribution >= 4 is 0 Å². The molecule has 5 nitrogen and oxygen atoms in total. The molecule has 0 amide bonds. The summed E-state index contributed by atoms with van der Waals surface area (Å²) < 4.78 is 5.21.